The van der Waals surface area contributed by atoms with Gasteiger partial charge < -0.3 is 4.90 Å². The Morgan fingerprint density at radius 1 is 1.30 bits per heavy atom. The topological polar surface area (TPSA) is 86.7 Å². The van der Waals surface area contributed by atoms with Crippen LogP contribution in [0.3, 0.4) is 0 Å². The second kappa shape index (κ2) is 8.20. The van der Waals surface area contributed by atoms with Crippen LogP contribution in [-0.2, 0) is 28.0 Å². The zero-order chi connectivity index (χ0) is 19.6. The number of carbonyl (C=O) groups excluding carboxylic acids is 1. The number of carbonyl (C=O) groups is 1. The number of amides is 1. The molecule has 3 heterocycles. The van der Waals surface area contributed by atoms with E-state index < -0.39 is 10.2 Å². The largest absolute Gasteiger partial charge is 0.338 e. The first-order chi connectivity index (χ1) is 12.9. The number of hydrogen-bond donors (Lipinski definition) is 0. The number of aromatic nitrogens is 2. The van der Waals surface area contributed by atoms with E-state index in [1.165, 1.54) is 4.31 Å². The van der Waals surface area contributed by atoms with Crippen molar-refractivity contribution >= 4 is 16.1 Å². The molecule has 2 aliphatic rings. The highest BCUT2D eigenvalue weighted by molar-refractivity contribution is 7.86. The van der Waals surface area contributed by atoms with Gasteiger partial charge in [-0.15, -0.1) is 0 Å². The summed E-state index contributed by atoms with van der Waals surface area (Å²) in [6.07, 6.45) is 4.23. The maximum Gasteiger partial charge on any atom is 0.281 e. The summed E-state index contributed by atoms with van der Waals surface area (Å²) in [5.74, 6) is 0.805. The molecule has 1 atom stereocenters. The Labute approximate surface area is 161 Å². The molecule has 1 aromatic rings. The summed E-state index contributed by atoms with van der Waals surface area (Å²) in [5.41, 5.74) is 1.98. The van der Waals surface area contributed by atoms with E-state index >= 15 is 0 Å². The van der Waals surface area contributed by atoms with Crippen LogP contribution in [-0.4, -0.2) is 70.5 Å². The predicted octanol–water partition coefficient (Wildman–Crippen LogP) is 1.15. The first-order valence-corrected chi connectivity index (χ1v) is 11.1. The van der Waals surface area contributed by atoms with E-state index in [1.54, 1.807) is 16.1 Å². The minimum absolute atomic E-state index is 0.0141. The van der Waals surface area contributed by atoms with Crippen LogP contribution in [0.4, 0.5) is 0 Å². The van der Waals surface area contributed by atoms with Gasteiger partial charge in [0.2, 0.25) is 5.91 Å². The highest BCUT2D eigenvalue weighted by atomic mass is 32.2. The standard InChI is InChI=1S/C18H29N5O3S/c1-4-22(5-2)27(25,26)23-9-6-7-15(13-23)18-19-11-16-12-21(14(3)24)10-8-17(16)20-18/h11,15H,4-10,12-13H2,1-3H3/t15-/m0/s1. The molecule has 8 nitrogen and oxygen atoms in total. The highest BCUT2D eigenvalue weighted by Gasteiger charge is 2.34. The van der Waals surface area contributed by atoms with Crippen molar-refractivity contribution in [3.63, 3.8) is 0 Å². The van der Waals surface area contributed by atoms with Crippen molar-refractivity contribution in [1.82, 2.24) is 23.5 Å². The molecule has 27 heavy (non-hydrogen) atoms. The summed E-state index contributed by atoms with van der Waals surface area (Å²) >= 11 is 0. The van der Waals surface area contributed by atoms with Crippen LogP contribution in [0.2, 0.25) is 0 Å². The van der Waals surface area contributed by atoms with Crippen LogP contribution < -0.4 is 0 Å². The van der Waals surface area contributed by atoms with Gasteiger partial charge in [0.05, 0.1) is 5.69 Å². The Morgan fingerprint density at radius 3 is 2.70 bits per heavy atom. The first-order valence-electron chi connectivity index (χ1n) is 9.72. The van der Waals surface area contributed by atoms with E-state index in [0.29, 0.717) is 39.3 Å². The third-order valence-electron chi connectivity index (χ3n) is 5.51. The van der Waals surface area contributed by atoms with E-state index in [9.17, 15) is 13.2 Å². The summed E-state index contributed by atoms with van der Waals surface area (Å²) in [6, 6.07) is 0. The van der Waals surface area contributed by atoms with Crippen molar-refractivity contribution in [3.8, 4) is 0 Å². The fourth-order valence-corrected chi connectivity index (χ4v) is 5.58. The van der Waals surface area contributed by atoms with E-state index in [4.69, 9.17) is 4.98 Å². The smallest absolute Gasteiger partial charge is 0.281 e. The fourth-order valence-electron chi connectivity index (χ4n) is 3.87. The van der Waals surface area contributed by atoms with E-state index in [0.717, 1.165) is 36.3 Å². The van der Waals surface area contributed by atoms with Gasteiger partial charge >= 0.3 is 0 Å². The van der Waals surface area contributed by atoms with Gasteiger partial charge in [-0.1, -0.05) is 13.8 Å². The summed E-state index contributed by atoms with van der Waals surface area (Å²) in [4.78, 5) is 22.6. The molecule has 0 unspecified atom stereocenters. The Morgan fingerprint density at radius 2 is 2.04 bits per heavy atom. The van der Waals surface area contributed by atoms with Crippen molar-refractivity contribution in [2.45, 2.75) is 52.5 Å². The molecule has 0 aromatic carbocycles. The third kappa shape index (κ3) is 4.14. The lowest BCUT2D eigenvalue weighted by Gasteiger charge is -2.34. The lowest BCUT2D eigenvalue weighted by atomic mass is 9.98. The predicted molar refractivity (Wildman–Crippen MR) is 102 cm³/mol. The van der Waals surface area contributed by atoms with E-state index in [1.807, 2.05) is 20.0 Å². The Bertz CT molecular complexity index is 794. The van der Waals surface area contributed by atoms with Crippen LogP contribution in [0, 0.1) is 0 Å². The minimum Gasteiger partial charge on any atom is -0.338 e. The van der Waals surface area contributed by atoms with Crippen molar-refractivity contribution < 1.29 is 13.2 Å². The van der Waals surface area contributed by atoms with Crippen molar-refractivity contribution in [3.05, 3.63) is 23.3 Å². The van der Waals surface area contributed by atoms with Crippen molar-refractivity contribution in [2.24, 2.45) is 0 Å². The van der Waals surface area contributed by atoms with Gasteiger partial charge in [-0.25, -0.2) is 9.97 Å². The quantitative estimate of drug-likeness (QED) is 0.746. The van der Waals surface area contributed by atoms with E-state index in [2.05, 4.69) is 4.98 Å². The van der Waals surface area contributed by atoms with Gasteiger partial charge in [0.15, 0.2) is 0 Å². The third-order valence-corrected chi connectivity index (χ3v) is 7.66. The molecule has 150 valence electrons. The molecule has 0 N–H and O–H groups in total. The molecule has 0 radical (unpaired) electrons. The highest BCUT2D eigenvalue weighted by Crippen LogP contribution is 2.28. The summed E-state index contributed by atoms with van der Waals surface area (Å²) in [7, 11) is -3.43. The lowest BCUT2D eigenvalue weighted by Crippen LogP contribution is -2.47. The van der Waals surface area contributed by atoms with Crippen LogP contribution in [0.25, 0.3) is 0 Å². The van der Waals surface area contributed by atoms with Crippen LogP contribution >= 0.6 is 0 Å². The monoisotopic (exact) mass is 395 g/mol. The molecule has 1 fully saturated rings. The van der Waals surface area contributed by atoms with Crippen molar-refractivity contribution in [2.75, 3.05) is 32.7 Å². The van der Waals surface area contributed by atoms with Crippen LogP contribution in [0.15, 0.2) is 6.20 Å². The van der Waals surface area contributed by atoms with Gasteiger partial charge in [-0.05, 0) is 12.8 Å². The van der Waals surface area contributed by atoms with Crippen LogP contribution in [0.1, 0.15) is 56.6 Å². The summed E-state index contributed by atoms with van der Waals surface area (Å²) in [6.45, 7) is 8.45. The fraction of sp³-hybridized carbons (Fsp3) is 0.722. The second-order valence-corrected chi connectivity index (χ2v) is 9.11. The van der Waals surface area contributed by atoms with Crippen LogP contribution in [0.5, 0.6) is 0 Å². The summed E-state index contributed by atoms with van der Waals surface area (Å²) in [5, 5.41) is 0. The molecule has 3 rings (SSSR count). The average molecular weight is 396 g/mol. The number of piperidine rings is 1. The number of nitrogens with zero attached hydrogens (tertiary/aromatic N) is 5. The number of rotatable bonds is 5. The van der Waals surface area contributed by atoms with E-state index in [-0.39, 0.29) is 11.8 Å². The minimum atomic E-state index is -3.43. The Balaban J connectivity index is 1.76. The Hall–Kier alpha value is -1.58. The number of hydrogen-bond acceptors (Lipinski definition) is 5. The second-order valence-electron chi connectivity index (χ2n) is 7.18. The van der Waals surface area contributed by atoms with Crippen molar-refractivity contribution in [1.29, 1.82) is 0 Å². The molecule has 0 aliphatic carbocycles. The molecule has 1 aromatic heterocycles. The molecule has 0 saturated carbocycles. The van der Waals surface area contributed by atoms with Gasteiger partial charge in [0, 0.05) is 70.3 Å². The maximum absolute atomic E-state index is 12.8. The van der Waals surface area contributed by atoms with Gasteiger partial charge in [0.25, 0.3) is 10.2 Å². The molecule has 0 bridgehead atoms. The molecule has 9 heteroatoms. The Kier molecular flexibility index (Phi) is 6.12. The molecule has 1 amide bonds. The lowest BCUT2D eigenvalue weighted by molar-refractivity contribution is -0.129. The zero-order valence-corrected chi connectivity index (χ0v) is 17.2. The molecule has 0 spiro atoms. The van der Waals surface area contributed by atoms with Gasteiger partial charge in [-0.3, -0.25) is 4.79 Å². The number of fused-ring (bicyclic) bond motifs is 1. The summed E-state index contributed by atoms with van der Waals surface area (Å²) < 4.78 is 28.7. The molecular formula is C18H29N5O3S. The van der Waals surface area contributed by atoms with Gasteiger partial charge in [-0.2, -0.15) is 17.0 Å². The molecular weight excluding hydrogens is 366 g/mol. The zero-order valence-electron chi connectivity index (χ0n) is 16.4. The molecule has 2 aliphatic heterocycles. The average Bonchev–Trinajstić information content (AvgIpc) is 2.68. The first kappa shape index (κ1) is 20.2. The normalized spacial score (nSPS) is 21.3. The maximum atomic E-state index is 12.8. The molecule has 1 saturated heterocycles. The van der Waals surface area contributed by atoms with Gasteiger partial charge in [0.1, 0.15) is 5.82 Å². The SMILES string of the molecule is CCN(CC)S(=O)(=O)N1CCC[C@H](c2ncc3c(n2)CCN(C(C)=O)C3)C1.